The molecule has 216 valence electrons. The number of carbonyl (C=O) groups is 3. The van der Waals surface area contributed by atoms with Crippen molar-refractivity contribution in [1.29, 1.82) is 0 Å². The van der Waals surface area contributed by atoms with E-state index in [0.29, 0.717) is 37.5 Å². The fourth-order valence-electron chi connectivity index (χ4n) is 6.72. The van der Waals surface area contributed by atoms with Crippen LogP contribution in [-0.2, 0) is 16.6 Å². The van der Waals surface area contributed by atoms with Gasteiger partial charge in [-0.1, -0.05) is 18.2 Å². The van der Waals surface area contributed by atoms with E-state index in [1.54, 1.807) is 6.07 Å². The zero-order valence-corrected chi connectivity index (χ0v) is 23.3. The number of aromatic nitrogens is 2. The molecule has 0 bridgehead atoms. The smallest absolute Gasteiger partial charge is 0.250 e. The van der Waals surface area contributed by atoms with E-state index < -0.39 is 17.6 Å². The predicted molar refractivity (Wildman–Crippen MR) is 154 cm³/mol. The van der Waals surface area contributed by atoms with Crippen LogP contribution in [0.5, 0.6) is 0 Å². The molecule has 41 heavy (non-hydrogen) atoms. The molecular formula is C30H36FN7O3. The maximum atomic E-state index is 14.6. The average molecular weight is 562 g/mol. The topological polar surface area (TPSA) is 117 Å². The summed E-state index contributed by atoms with van der Waals surface area (Å²) in [5, 5.41) is 8.16. The summed E-state index contributed by atoms with van der Waals surface area (Å²) in [5.41, 5.74) is 8.93. The Kier molecular flexibility index (Phi) is 7.37. The van der Waals surface area contributed by atoms with E-state index in [-0.39, 0.29) is 17.4 Å². The zero-order chi connectivity index (χ0) is 28.7. The molecule has 3 aliphatic heterocycles. The van der Waals surface area contributed by atoms with Crippen LogP contribution in [0, 0.1) is 11.7 Å². The second kappa shape index (κ2) is 11.1. The molecule has 0 aliphatic carbocycles. The van der Waals surface area contributed by atoms with Gasteiger partial charge >= 0.3 is 0 Å². The van der Waals surface area contributed by atoms with Crippen LogP contribution in [0.4, 0.5) is 15.8 Å². The van der Waals surface area contributed by atoms with Gasteiger partial charge in [0.2, 0.25) is 11.8 Å². The lowest BCUT2D eigenvalue weighted by Crippen LogP contribution is -2.49. The number of aryl methyl sites for hydroxylation is 1. The van der Waals surface area contributed by atoms with Crippen molar-refractivity contribution >= 4 is 40.0 Å². The first-order chi connectivity index (χ1) is 19.8. The summed E-state index contributed by atoms with van der Waals surface area (Å²) >= 11 is 0. The standard InChI is InChI=1S/C30H36FN7O3/c1-35-28-20(26(34-35)21-8-9-25(39)33-30(21)41)4-3-7-24(28)37-16-14-36(15-17-37)18-19-10-12-38(13-11-19)27-22(29(32)40)5-2-6-23(27)31/h2-7,19,21H,8-18H2,1H3,(H2,32,40)(H,33,39,41). The normalized spacial score (nSPS) is 21.0. The van der Waals surface area contributed by atoms with Crippen molar-refractivity contribution in [3.63, 3.8) is 0 Å². The number of nitrogens with one attached hydrogen (secondary N) is 1. The van der Waals surface area contributed by atoms with Gasteiger partial charge in [0.05, 0.1) is 34.1 Å². The van der Waals surface area contributed by atoms with Gasteiger partial charge in [0.25, 0.3) is 5.91 Å². The lowest BCUT2D eigenvalue weighted by molar-refractivity contribution is -0.134. The number of piperidine rings is 2. The summed E-state index contributed by atoms with van der Waals surface area (Å²) in [6, 6.07) is 10.7. The fourth-order valence-corrected chi connectivity index (χ4v) is 6.72. The van der Waals surface area contributed by atoms with Gasteiger partial charge in [0.15, 0.2) is 0 Å². The SMILES string of the molecule is Cn1nc(C2CCC(=O)NC2=O)c2cccc(N3CCN(CC4CCN(c5c(F)cccc5C(N)=O)CC4)CC3)c21. The highest BCUT2D eigenvalue weighted by atomic mass is 19.1. The summed E-state index contributed by atoms with van der Waals surface area (Å²) in [6.45, 7) is 6.04. The number of hydrogen-bond acceptors (Lipinski definition) is 7. The molecule has 3 saturated heterocycles. The minimum atomic E-state index is -0.603. The van der Waals surface area contributed by atoms with E-state index in [1.165, 1.54) is 12.1 Å². The van der Waals surface area contributed by atoms with E-state index in [2.05, 4.69) is 21.2 Å². The van der Waals surface area contributed by atoms with Gasteiger partial charge in [-0.3, -0.25) is 29.3 Å². The van der Waals surface area contributed by atoms with Crippen LogP contribution >= 0.6 is 0 Å². The van der Waals surface area contributed by atoms with Gasteiger partial charge in [0, 0.05) is 64.7 Å². The zero-order valence-electron chi connectivity index (χ0n) is 23.3. The number of primary amides is 1. The number of benzene rings is 2. The van der Waals surface area contributed by atoms with Gasteiger partial charge in [-0.2, -0.15) is 5.10 Å². The third-order valence-corrected chi connectivity index (χ3v) is 8.85. The predicted octanol–water partition coefficient (Wildman–Crippen LogP) is 2.37. The fraction of sp³-hybridized carbons (Fsp3) is 0.467. The van der Waals surface area contributed by atoms with Crippen LogP contribution in [0.25, 0.3) is 10.9 Å². The van der Waals surface area contributed by atoms with Crippen LogP contribution in [0.2, 0.25) is 0 Å². The minimum Gasteiger partial charge on any atom is -0.369 e. The molecule has 11 heteroatoms. The van der Waals surface area contributed by atoms with Crippen molar-refractivity contribution in [1.82, 2.24) is 20.0 Å². The van der Waals surface area contributed by atoms with Gasteiger partial charge in [0.1, 0.15) is 5.82 Å². The van der Waals surface area contributed by atoms with Crippen molar-refractivity contribution in [2.45, 2.75) is 31.6 Å². The number of nitrogens with two attached hydrogens (primary N) is 1. The van der Waals surface area contributed by atoms with Crippen LogP contribution in [0.15, 0.2) is 36.4 Å². The number of halogens is 1. The Hall–Kier alpha value is -3.99. The van der Waals surface area contributed by atoms with Crippen molar-refractivity contribution in [2.24, 2.45) is 18.7 Å². The number of rotatable bonds is 6. The Bertz CT molecular complexity index is 1490. The minimum absolute atomic E-state index is 0.224. The Morgan fingerprint density at radius 2 is 1.73 bits per heavy atom. The molecular weight excluding hydrogens is 525 g/mol. The quantitative estimate of drug-likeness (QED) is 0.444. The largest absolute Gasteiger partial charge is 0.369 e. The van der Waals surface area contributed by atoms with Crippen LogP contribution in [0.3, 0.4) is 0 Å². The first-order valence-corrected chi connectivity index (χ1v) is 14.4. The monoisotopic (exact) mass is 561 g/mol. The van der Waals surface area contributed by atoms with Crippen molar-refractivity contribution in [2.75, 3.05) is 55.6 Å². The molecule has 0 saturated carbocycles. The molecule has 6 rings (SSSR count). The van der Waals surface area contributed by atoms with Crippen molar-refractivity contribution < 1.29 is 18.8 Å². The molecule has 0 spiro atoms. The van der Waals surface area contributed by atoms with Crippen molar-refractivity contribution in [3.05, 3.63) is 53.5 Å². The van der Waals surface area contributed by atoms with Crippen molar-refractivity contribution in [3.8, 4) is 0 Å². The van der Waals surface area contributed by atoms with E-state index in [4.69, 9.17) is 10.8 Å². The molecule has 3 aliphatic rings. The average Bonchev–Trinajstić information content (AvgIpc) is 3.30. The number of nitrogens with zero attached hydrogens (tertiary/aromatic N) is 5. The third kappa shape index (κ3) is 5.26. The number of anilines is 2. The number of para-hydroxylation sites is 2. The van der Waals surface area contributed by atoms with Crippen LogP contribution in [0.1, 0.15) is 47.7 Å². The lowest BCUT2D eigenvalue weighted by Gasteiger charge is -2.40. The van der Waals surface area contributed by atoms with Gasteiger partial charge in [-0.05, 0) is 43.4 Å². The second-order valence-electron chi connectivity index (χ2n) is 11.4. The van der Waals surface area contributed by atoms with Crippen LogP contribution < -0.4 is 20.9 Å². The molecule has 4 heterocycles. The summed E-state index contributed by atoms with van der Waals surface area (Å²) in [6.07, 6.45) is 2.67. The molecule has 1 unspecified atom stereocenters. The second-order valence-corrected chi connectivity index (χ2v) is 11.4. The van der Waals surface area contributed by atoms with Gasteiger partial charge in [-0.25, -0.2) is 4.39 Å². The first kappa shape index (κ1) is 27.2. The summed E-state index contributed by atoms with van der Waals surface area (Å²) < 4.78 is 16.5. The number of fused-ring (bicyclic) bond motifs is 1. The molecule has 3 fully saturated rings. The molecule has 2 aromatic carbocycles. The molecule has 3 amide bonds. The van der Waals surface area contributed by atoms with E-state index in [9.17, 15) is 18.8 Å². The van der Waals surface area contributed by atoms with Gasteiger partial charge in [-0.15, -0.1) is 0 Å². The van der Waals surface area contributed by atoms with E-state index in [0.717, 1.165) is 67.8 Å². The highest BCUT2D eigenvalue weighted by Crippen LogP contribution is 2.35. The number of amides is 3. The maximum absolute atomic E-state index is 14.6. The maximum Gasteiger partial charge on any atom is 0.250 e. The number of hydrogen-bond donors (Lipinski definition) is 2. The lowest BCUT2D eigenvalue weighted by atomic mass is 9.92. The summed E-state index contributed by atoms with van der Waals surface area (Å²) in [7, 11) is 1.91. The summed E-state index contributed by atoms with van der Waals surface area (Å²) in [5.74, 6) is -1.41. The van der Waals surface area contributed by atoms with E-state index >= 15 is 0 Å². The molecule has 3 aromatic rings. The molecule has 10 nitrogen and oxygen atoms in total. The number of imide groups is 1. The Balaban J connectivity index is 1.08. The van der Waals surface area contributed by atoms with Crippen LogP contribution in [-0.4, -0.2) is 78.2 Å². The summed E-state index contributed by atoms with van der Waals surface area (Å²) in [4.78, 5) is 42.9. The highest BCUT2D eigenvalue weighted by molar-refractivity contribution is 6.03. The number of carbonyl (C=O) groups excluding carboxylic acids is 3. The Morgan fingerprint density at radius 3 is 2.44 bits per heavy atom. The molecule has 0 radical (unpaired) electrons. The first-order valence-electron chi connectivity index (χ1n) is 14.4. The molecule has 1 aromatic heterocycles. The highest BCUT2D eigenvalue weighted by Gasteiger charge is 2.33. The Morgan fingerprint density at radius 1 is 1.00 bits per heavy atom. The molecule has 1 atom stereocenters. The van der Waals surface area contributed by atoms with Gasteiger partial charge < -0.3 is 15.5 Å². The third-order valence-electron chi connectivity index (χ3n) is 8.85. The number of piperazine rings is 1. The molecule has 3 N–H and O–H groups in total. The van der Waals surface area contributed by atoms with E-state index in [1.807, 2.05) is 28.8 Å². The Labute approximate surface area is 238 Å².